The molecule has 164 valence electrons. The number of carbonyl (C=O) groups is 1. The second-order valence-corrected chi connectivity index (χ2v) is 8.87. The predicted molar refractivity (Wildman–Crippen MR) is 122 cm³/mol. The van der Waals surface area contributed by atoms with E-state index in [2.05, 4.69) is 15.2 Å². The molecule has 7 nitrogen and oxygen atoms in total. The number of carbonyl (C=O) groups excluding carboxylic acids is 1. The van der Waals surface area contributed by atoms with E-state index in [-0.39, 0.29) is 11.7 Å². The summed E-state index contributed by atoms with van der Waals surface area (Å²) < 4.78 is 7.71. The summed E-state index contributed by atoms with van der Waals surface area (Å²) in [5, 5.41) is 18.4. The van der Waals surface area contributed by atoms with Crippen molar-refractivity contribution in [2.75, 3.05) is 6.61 Å². The summed E-state index contributed by atoms with van der Waals surface area (Å²) in [5.74, 6) is 0.397. The van der Waals surface area contributed by atoms with E-state index in [1.54, 1.807) is 31.6 Å². The minimum atomic E-state index is -0.588. The van der Waals surface area contributed by atoms with Gasteiger partial charge in [0.1, 0.15) is 10.9 Å². The lowest BCUT2D eigenvalue weighted by Gasteiger charge is -2.24. The average molecular weight is 471 g/mol. The number of rotatable bonds is 5. The van der Waals surface area contributed by atoms with Crippen LogP contribution in [0.25, 0.3) is 22.2 Å². The predicted octanol–water partition coefficient (Wildman–Crippen LogP) is 4.55. The Morgan fingerprint density at radius 3 is 2.94 bits per heavy atom. The van der Waals surface area contributed by atoms with E-state index in [4.69, 9.17) is 27.9 Å². The summed E-state index contributed by atoms with van der Waals surface area (Å²) in [7, 11) is 0. The molecule has 1 aliphatic rings. The fourth-order valence-electron chi connectivity index (χ4n) is 4.16. The van der Waals surface area contributed by atoms with Gasteiger partial charge in [0.25, 0.3) is 0 Å². The number of ether oxygens (including phenoxy) is 1. The first-order valence-corrected chi connectivity index (χ1v) is 11.0. The number of pyridine rings is 1. The van der Waals surface area contributed by atoms with Crippen LogP contribution in [-0.4, -0.2) is 43.3 Å². The molecule has 0 spiro atoms. The molecule has 2 atom stereocenters. The Kier molecular flexibility index (Phi) is 5.41. The van der Waals surface area contributed by atoms with Crippen LogP contribution in [0.2, 0.25) is 10.2 Å². The second kappa shape index (κ2) is 8.24. The zero-order valence-electron chi connectivity index (χ0n) is 17.2. The highest BCUT2D eigenvalue weighted by atomic mass is 35.5. The maximum Gasteiger partial charge on any atom is 0.171 e. The molecule has 0 saturated heterocycles. The van der Waals surface area contributed by atoms with Gasteiger partial charge >= 0.3 is 0 Å². The standard InChI is InChI=1S/C23H20Cl2N4O3/c1-12(30)9-29-10-18(16-7-26-19(6-20(16)29)17-8-27-28-23(17)25)22(31)14-4-13-5-15(24)2-3-21(13)32-11-14/h2-3,5-8,10,12,14,30H,4,9,11H2,1H3,(H,27,28)/t12-,14+/m0/s1. The minimum absolute atomic E-state index is 0.0270. The maximum atomic E-state index is 13.5. The van der Waals surface area contributed by atoms with Gasteiger partial charge in [-0.2, -0.15) is 5.10 Å². The number of halogens is 2. The van der Waals surface area contributed by atoms with Crippen LogP contribution < -0.4 is 4.74 Å². The number of aromatic amines is 1. The van der Waals surface area contributed by atoms with Crippen LogP contribution >= 0.6 is 23.2 Å². The van der Waals surface area contributed by atoms with Crippen molar-refractivity contribution in [2.45, 2.75) is 26.0 Å². The lowest BCUT2D eigenvalue weighted by atomic mass is 9.90. The van der Waals surface area contributed by atoms with Crippen LogP contribution in [0.15, 0.2) is 42.9 Å². The van der Waals surface area contributed by atoms with Gasteiger partial charge in [-0.1, -0.05) is 23.2 Å². The molecule has 4 aromatic rings. The fourth-order valence-corrected chi connectivity index (χ4v) is 4.55. The highest BCUT2D eigenvalue weighted by molar-refractivity contribution is 6.32. The van der Waals surface area contributed by atoms with Crippen LogP contribution in [0.1, 0.15) is 22.8 Å². The van der Waals surface area contributed by atoms with Gasteiger partial charge in [-0.25, -0.2) is 0 Å². The van der Waals surface area contributed by atoms with Gasteiger partial charge in [-0.15, -0.1) is 0 Å². The molecule has 32 heavy (non-hydrogen) atoms. The quantitative estimate of drug-likeness (QED) is 0.417. The number of fused-ring (bicyclic) bond motifs is 2. The summed E-state index contributed by atoms with van der Waals surface area (Å²) >= 11 is 12.3. The number of Topliss-reactive ketones (excluding diaryl/α,β-unsaturated/α-hetero) is 1. The molecule has 3 aromatic heterocycles. The first-order chi connectivity index (χ1) is 15.4. The van der Waals surface area contributed by atoms with Crippen LogP contribution in [0.3, 0.4) is 0 Å². The number of H-pyrrole nitrogens is 1. The van der Waals surface area contributed by atoms with Crippen molar-refractivity contribution in [1.29, 1.82) is 0 Å². The molecular formula is C23H20Cl2N4O3. The Morgan fingerprint density at radius 1 is 1.34 bits per heavy atom. The average Bonchev–Trinajstić information content (AvgIpc) is 3.35. The number of aliphatic hydroxyl groups excluding tert-OH is 1. The van der Waals surface area contributed by atoms with Crippen LogP contribution in [-0.2, 0) is 13.0 Å². The van der Waals surface area contributed by atoms with Gasteiger partial charge in [0, 0.05) is 34.9 Å². The van der Waals surface area contributed by atoms with Crippen LogP contribution in [0.5, 0.6) is 5.75 Å². The summed E-state index contributed by atoms with van der Waals surface area (Å²) in [6.07, 6.45) is 5.03. The molecule has 1 aromatic carbocycles. The van der Waals surface area contributed by atoms with E-state index >= 15 is 0 Å². The number of aliphatic hydroxyl groups is 1. The Hall–Kier alpha value is -2.87. The summed E-state index contributed by atoms with van der Waals surface area (Å²) in [6.45, 7) is 2.34. The van der Waals surface area contributed by atoms with Gasteiger partial charge in [0.05, 0.1) is 41.6 Å². The molecule has 9 heteroatoms. The molecular weight excluding hydrogens is 451 g/mol. The number of ketones is 1. The van der Waals surface area contributed by atoms with Gasteiger partial charge < -0.3 is 14.4 Å². The van der Waals surface area contributed by atoms with Crippen molar-refractivity contribution < 1.29 is 14.6 Å². The van der Waals surface area contributed by atoms with Crippen molar-refractivity contribution in [3.8, 4) is 17.0 Å². The second-order valence-electron chi connectivity index (χ2n) is 8.06. The smallest absolute Gasteiger partial charge is 0.171 e. The fraction of sp³-hybridized carbons (Fsp3) is 0.261. The monoisotopic (exact) mass is 470 g/mol. The SMILES string of the molecule is C[C@H](O)Cn1cc(C(=O)[C@H]2COc3ccc(Cl)cc3C2)c2cnc(-c3cn[nH]c3Cl)cc21. The summed E-state index contributed by atoms with van der Waals surface area (Å²) in [6, 6.07) is 7.31. The third kappa shape index (κ3) is 3.77. The van der Waals surface area contributed by atoms with Crippen molar-refractivity contribution in [3.63, 3.8) is 0 Å². The molecule has 0 fully saturated rings. The maximum absolute atomic E-state index is 13.5. The molecule has 2 N–H and O–H groups in total. The van der Waals surface area contributed by atoms with E-state index in [1.165, 1.54) is 0 Å². The Balaban J connectivity index is 1.55. The number of nitrogens with zero attached hydrogens (tertiary/aromatic N) is 3. The highest BCUT2D eigenvalue weighted by Crippen LogP contribution is 2.34. The van der Waals surface area contributed by atoms with E-state index in [0.29, 0.717) is 46.6 Å². The summed E-state index contributed by atoms with van der Waals surface area (Å²) in [5.41, 5.74) is 3.56. The number of hydrogen-bond donors (Lipinski definition) is 2. The largest absolute Gasteiger partial charge is 0.493 e. The zero-order valence-corrected chi connectivity index (χ0v) is 18.7. The topological polar surface area (TPSA) is 93.0 Å². The molecule has 1 aliphatic heterocycles. The molecule has 5 rings (SSSR count). The van der Waals surface area contributed by atoms with Crippen molar-refractivity contribution in [1.82, 2.24) is 19.7 Å². The highest BCUT2D eigenvalue weighted by Gasteiger charge is 2.29. The Bertz CT molecular complexity index is 1330. The molecule has 0 amide bonds. The van der Waals surface area contributed by atoms with E-state index in [0.717, 1.165) is 22.2 Å². The van der Waals surface area contributed by atoms with Crippen LogP contribution in [0, 0.1) is 5.92 Å². The lowest BCUT2D eigenvalue weighted by Crippen LogP contribution is -2.28. The van der Waals surface area contributed by atoms with Crippen molar-refractivity contribution in [2.24, 2.45) is 5.92 Å². The van der Waals surface area contributed by atoms with Gasteiger partial charge in [0.15, 0.2) is 5.78 Å². The first-order valence-electron chi connectivity index (χ1n) is 10.2. The molecule has 0 bridgehead atoms. The van der Waals surface area contributed by atoms with E-state index < -0.39 is 6.10 Å². The molecule has 4 heterocycles. The number of hydrogen-bond acceptors (Lipinski definition) is 5. The van der Waals surface area contributed by atoms with Crippen molar-refractivity contribution in [3.05, 3.63) is 64.2 Å². The van der Waals surface area contributed by atoms with Crippen LogP contribution in [0.4, 0.5) is 0 Å². The molecule has 0 saturated carbocycles. The summed E-state index contributed by atoms with van der Waals surface area (Å²) in [4.78, 5) is 18.0. The van der Waals surface area contributed by atoms with Crippen molar-refractivity contribution >= 4 is 39.9 Å². The number of nitrogens with one attached hydrogen (secondary N) is 1. The third-order valence-electron chi connectivity index (χ3n) is 5.66. The third-order valence-corrected chi connectivity index (χ3v) is 6.18. The molecule has 0 unspecified atom stereocenters. The van der Waals surface area contributed by atoms with E-state index in [1.807, 2.05) is 22.8 Å². The minimum Gasteiger partial charge on any atom is -0.493 e. The molecule has 0 aliphatic carbocycles. The van der Waals surface area contributed by atoms with Gasteiger partial charge in [-0.3, -0.25) is 14.9 Å². The number of benzene rings is 1. The first kappa shape index (κ1) is 21.0. The lowest BCUT2D eigenvalue weighted by molar-refractivity contribution is 0.0856. The van der Waals surface area contributed by atoms with Gasteiger partial charge in [0.2, 0.25) is 0 Å². The zero-order chi connectivity index (χ0) is 22.4. The normalized spacial score (nSPS) is 16.6. The Morgan fingerprint density at radius 2 is 2.19 bits per heavy atom. The number of aromatic nitrogens is 4. The molecule has 0 radical (unpaired) electrons. The van der Waals surface area contributed by atoms with Gasteiger partial charge in [-0.05, 0) is 43.2 Å². The van der Waals surface area contributed by atoms with E-state index in [9.17, 15) is 9.90 Å². The Labute approximate surface area is 193 Å².